The monoisotopic (exact) mass is 534 g/mol. The number of amides is 4. The molecule has 0 aliphatic carbocycles. The molecule has 0 saturated carbocycles. The summed E-state index contributed by atoms with van der Waals surface area (Å²) in [6, 6.07) is 9.34. The predicted molar refractivity (Wildman–Crippen MR) is 122 cm³/mol. The summed E-state index contributed by atoms with van der Waals surface area (Å²) >= 11 is 2.02. The first-order valence-electron chi connectivity index (χ1n) is 9.19. The fourth-order valence-electron chi connectivity index (χ4n) is 2.84. The van der Waals surface area contributed by atoms with Crippen LogP contribution < -0.4 is 15.0 Å². The van der Waals surface area contributed by atoms with Crippen LogP contribution in [0.2, 0.25) is 0 Å². The lowest BCUT2D eigenvalue weighted by Crippen LogP contribution is -2.54. The predicted octanol–water partition coefficient (Wildman–Crippen LogP) is 3.13. The first-order chi connectivity index (χ1) is 14.7. The molecule has 31 heavy (non-hydrogen) atoms. The van der Waals surface area contributed by atoms with Crippen molar-refractivity contribution in [3.63, 3.8) is 0 Å². The van der Waals surface area contributed by atoms with Gasteiger partial charge in [0.25, 0.3) is 11.8 Å². The van der Waals surface area contributed by atoms with Crippen molar-refractivity contribution >= 4 is 58.2 Å². The second kappa shape index (κ2) is 9.29. The molecule has 3 rings (SSSR count). The molecule has 0 aromatic heterocycles. The number of methoxy groups -OCH3 is 1. The van der Waals surface area contributed by atoms with Crippen LogP contribution in [0.5, 0.6) is 5.75 Å². The Balaban J connectivity index is 1.90. The Morgan fingerprint density at radius 2 is 1.84 bits per heavy atom. The molecule has 0 spiro atoms. The van der Waals surface area contributed by atoms with E-state index >= 15 is 0 Å². The van der Waals surface area contributed by atoms with E-state index in [1.807, 2.05) is 36.4 Å². The maximum Gasteiger partial charge on any atom is 0.343 e. The van der Waals surface area contributed by atoms with E-state index in [1.54, 1.807) is 36.4 Å². The quantitative estimate of drug-likeness (QED) is 0.274. The van der Waals surface area contributed by atoms with Crippen molar-refractivity contribution in [1.29, 1.82) is 0 Å². The average Bonchev–Trinajstić information content (AvgIpc) is 2.72. The molecule has 2 aromatic carbocycles. The van der Waals surface area contributed by atoms with Gasteiger partial charge in [0.2, 0.25) is 0 Å². The summed E-state index contributed by atoms with van der Waals surface area (Å²) in [5, 5.41) is 2.21. The summed E-state index contributed by atoms with van der Waals surface area (Å²) in [5.74, 6) is -1.53. The first kappa shape index (κ1) is 22.5. The van der Waals surface area contributed by atoms with E-state index in [0.29, 0.717) is 20.6 Å². The summed E-state index contributed by atoms with van der Waals surface area (Å²) in [5.41, 5.74) is 2.70. The van der Waals surface area contributed by atoms with Crippen LogP contribution in [0.15, 0.2) is 42.0 Å². The van der Waals surface area contributed by atoms with Crippen LogP contribution in [0.25, 0.3) is 6.08 Å². The first-order valence-corrected chi connectivity index (χ1v) is 10.3. The maximum absolute atomic E-state index is 13.0. The van der Waals surface area contributed by atoms with Gasteiger partial charge in [0, 0.05) is 0 Å². The van der Waals surface area contributed by atoms with Crippen molar-refractivity contribution in [2.75, 3.05) is 18.6 Å². The molecular weight excluding hydrogens is 515 g/mol. The molecule has 1 saturated heterocycles. The second-order valence-corrected chi connectivity index (χ2v) is 7.94. The molecule has 4 amide bonds. The number of carbonyl (C=O) groups is 4. The third-order valence-corrected chi connectivity index (χ3v) is 5.53. The number of esters is 1. The van der Waals surface area contributed by atoms with E-state index in [0.717, 1.165) is 16.0 Å². The molecule has 160 valence electrons. The van der Waals surface area contributed by atoms with Gasteiger partial charge in [-0.25, -0.2) is 14.5 Å². The Morgan fingerprint density at radius 1 is 1.10 bits per heavy atom. The van der Waals surface area contributed by atoms with Gasteiger partial charge >= 0.3 is 12.0 Å². The van der Waals surface area contributed by atoms with Gasteiger partial charge in [-0.2, -0.15) is 0 Å². The van der Waals surface area contributed by atoms with Crippen molar-refractivity contribution in [3.8, 4) is 5.75 Å². The third kappa shape index (κ3) is 4.93. The average molecular weight is 534 g/mol. The number of nitrogens with one attached hydrogen (secondary N) is 1. The zero-order valence-electron chi connectivity index (χ0n) is 17.0. The minimum absolute atomic E-state index is 0.170. The molecule has 1 fully saturated rings. The number of carbonyl (C=O) groups excluding carboxylic acids is 4. The number of ether oxygens (including phenoxy) is 2. The fourth-order valence-corrected chi connectivity index (χ4v) is 3.54. The topological polar surface area (TPSA) is 102 Å². The Morgan fingerprint density at radius 3 is 2.48 bits per heavy atom. The highest BCUT2D eigenvalue weighted by atomic mass is 127. The summed E-state index contributed by atoms with van der Waals surface area (Å²) < 4.78 is 10.6. The van der Waals surface area contributed by atoms with Gasteiger partial charge in [-0.15, -0.1) is 0 Å². The van der Waals surface area contributed by atoms with Crippen LogP contribution in [-0.4, -0.2) is 37.5 Å². The zero-order chi connectivity index (χ0) is 22.7. The highest BCUT2D eigenvalue weighted by Gasteiger charge is 2.36. The summed E-state index contributed by atoms with van der Waals surface area (Å²) in [4.78, 5) is 49.9. The van der Waals surface area contributed by atoms with Crippen molar-refractivity contribution in [3.05, 3.63) is 62.2 Å². The Hall–Kier alpha value is -3.21. The largest absolute Gasteiger partial charge is 0.481 e. The summed E-state index contributed by atoms with van der Waals surface area (Å²) in [6.07, 6.45) is 1.41. The number of rotatable bonds is 5. The molecule has 1 aliphatic heterocycles. The molecule has 1 heterocycles. The van der Waals surface area contributed by atoms with Crippen LogP contribution in [0.4, 0.5) is 10.5 Å². The Labute approximate surface area is 192 Å². The van der Waals surface area contributed by atoms with Gasteiger partial charge < -0.3 is 9.47 Å². The van der Waals surface area contributed by atoms with E-state index < -0.39 is 23.8 Å². The fraction of sp³-hybridized carbons (Fsp3) is 0.182. The van der Waals surface area contributed by atoms with E-state index in [-0.39, 0.29) is 12.2 Å². The normalized spacial score (nSPS) is 15.2. The smallest absolute Gasteiger partial charge is 0.343 e. The lowest BCUT2D eigenvalue weighted by Gasteiger charge is -2.26. The van der Waals surface area contributed by atoms with Gasteiger partial charge in [-0.05, 0) is 83.5 Å². The molecule has 0 bridgehead atoms. The number of aryl methyl sites for hydroxylation is 2. The van der Waals surface area contributed by atoms with Crippen LogP contribution >= 0.6 is 22.6 Å². The number of hydrogen-bond acceptors (Lipinski definition) is 6. The highest BCUT2D eigenvalue weighted by molar-refractivity contribution is 14.1. The number of anilines is 1. The van der Waals surface area contributed by atoms with Crippen LogP contribution in [0.1, 0.15) is 16.7 Å². The van der Waals surface area contributed by atoms with E-state index in [1.165, 1.54) is 13.2 Å². The second-order valence-electron chi connectivity index (χ2n) is 6.78. The SMILES string of the molecule is COC(=O)COc1ccc(/C=C2\C(=O)NC(=O)N(c3ccc(C)c(C)c3)C2=O)cc1I. The van der Waals surface area contributed by atoms with Crippen LogP contribution in [-0.2, 0) is 19.1 Å². The van der Waals surface area contributed by atoms with E-state index in [2.05, 4.69) is 10.1 Å². The van der Waals surface area contributed by atoms with Gasteiger partial charge in [-0.1, -0.05) is 12.1 Å². The van der Waals surface area contributed by atoms with Gasteiger partial charge in [-0.3, -0.25) is 14.9 Å². The lowest BCUT2D eigenvalue weighted by molar-refractivity contribution is -0.143. The van der Waals surface area contributed by atoms with Gasteiger partial charge in [0.1, 0.15) is 11.3 Å². The number of urea groups is 1. The van der Waals surface area contributed by atoms with Crippen LogP contribution in [0, 0.1) is 17.4 Å². The van der Waals surface area contributed by atoms with E-state index in [9.17, 15) is 19.2 Å². The summed E-state index contributed by atoms with van der Waals surface area (Å²) in [7, 11) is 1.27. The van der Waals surface area contributed by atoms with Gasteiger partial charge in [0.05, 0.1) is 16.4 Å². The molecule has 0 atom stereocenters. The molecular formula is C22H19IN2O6. The lowest BCUT2D eigenvalue weighted by atomic mass is 10.1. The number of hydrogen-bond donors (Lipinski definition) is 1. The molecule has 2 aromatic rings. The van der Waals surface area contributed by atoms with Crippen LogP contribution in [0.3, 0.4) is 0 Å². The molecule has 8 nitrogen and oxygen atoms in total. The summed E-state index contributed by atoms with van der Waals surface area (Å²) in [6.45, 7) is 3.56. The number of nitrogens with zero attached hydrogens (tertiary/aromatic N) is 1. The van der Waals surface area contributed by atoms with Crippen molar-refractivity contribution < 1.29 is 28.7 Å². The highest BCUT2D eigenvalue weighted by Crippen LogP contribution is 2.26. The zero-order valence-corrected chi connectivity index (χ0v) is 19.2. The van der Waals surface area contributed by atoms with E-state index in [4.69, 9.17) is 4.74 Å². The molecule has 0 unspecified atom stereocenters. The number of halogens is 1. The standard InChI is InChI=1S/C22H19IN2O6/c1-12-4-6-15(8-13(12)2)25-21(28)16(20(27)24-22(25)29)9-14-5-7-18(17(23)10-14)31-11-19(26)30-3/h4-10H,11H2,1-3H3,(H,24,27,29)/b16-9+. The molecule has 1 aliphatic rings. The van der Waals surface area contributed by atoms with Crippen molar-refractivity contribution in [1.82, 2.24) is 5.32 Å². The molecule has 9 heteroatoms. The number of benzene rings is 2. The third-order valence-electron chi connectivity index (χ3n) is 4.69. The van der Waals surface area contributed by atoms with Crippen molar-refractivity contribution in [2.45, 2.75) is 13.8 Å². The minimum Gasteiger partial charge on any atom is -0.481 e. The maximum atomic E-state index is 13.0. The van der Waals surface area contributed by atoms with Gasteiger partial charge in [0.15, 0.2) is 6.61 Å². The molecule has 0 radical (unpaired) electrons. The minimum atomic E-state index is -0.795. The molecule has 1 N–H and O–H groups in total. The number of barbiturate groups is 1. The Bertz CT molecular complexity index is 1120. The van der Waals surface area contributed by atoms with Crippen molar-refractivity contribution in [2.24, 2.45) is 0 Å². The number of imide groups is 2. The Kier molecular flexibility index (Phi) is 6.74.